The van der Waals surface area contributed by atoms with Crippen LogP contribution < -0.4 is 5.73 Å². The van der Waals surface area contributed by atoms with Crippen LogP contribution in [0.2, 0.25) is 0 Å². The summed E-state index contributed by atoms with van der Waals surface area (Å²) in [6, 6.07) is 10.5. The van der Waals surface area contributed by atoms with Gasteiger partial charge in [0.15, 0.2) is 0 Å². The quantitative estimate of drug-likeness (QED) is 0.728. The van der Waals surface area contributed by atoms with Gasteiger partial charge in [0, 0.05) is 6.04 Å². The van der Waals surface area contributed by atoms with E-state index in [9.17, 15) is 0 Å². The first-order valence-corrected chi connectivity index (χ1v) is 4.56. The van der Waals surface area contributed by atoms with Crippen molar-refractivity contribution in [1.29, 1.82) is 0 Å². The standard InChI is InChI=1S/C11H17N/c1-3-9(2)11(12)10-7-5-4-6-8-10/h4-9,11H,3,12H2,1-2H3. The third-order valence-corrected chi connectivity index (χ3v) is 2.44. The molecule has 2 N–H and O–H groups in total. The average Bonchev–Trinajstić information content (AvgIpc) is 2.17. The number of benzene rings is 1. The molecule has 2 unspecified atom stereocenters. The summed E-state index contributed by atoms with van der Waals surface area (Å²) in [6.07, 6.45) is 1.13. The van der Waals surface area contributed by atoms with E-state index in [-0.39, 0.29) is 6.04 Å². The molecule has 0 saturated heterocycles. The second kappa shape index (κ2) is 4.27. The molecule has 2 atom stereocenters. The van der Waals surface area contributed by atoms with E-state index in [4.69, 9.17) is 5.73 Å². The lowest BCUT2D eigenvalue weighted by Gasteiger charge is -2.18. The van der Waals surface area contributed by atoms with Gasteiger partial charge in [-0.3, -0.25) is 0 Å². The molecule has 1 aromatic carbocycles. The highest BCUT2D eigenvalue weighted by Gasteiger charge is 2.11. The van der Waals surface area contributed by atoms with Gasteiger partial charge in [0.2, 0.25) is 0 Å². The second-order valence-corrected chi connectivity index (χ2v) is 3.32. The van der Waals surface area contributed by atoms with Crippen LogP contribution in [0, 0.1) is 5.92 Å². The van der Waals surface area contributed by atoms with Crippen LogP contribution in [-0.4, -0.2) is 0 Å². The largest absolute Gasteiger partial charge is 0.324 e. The van der Waals surface area contributed by atoms with Gasteiger partial charge in [-0.25, -0.2) is 0 Å². The van der Waals surface area contributed by atoms with Gasteiger partial charge in [0.25, 0.3) is 0 Å². The van der Waals surface area contributed by atoms with Gasteiger partial charge in [-0.15, -0.1) is 0 Å². The Bertz CT molecular complexity index is 218. The van der Waals surface area contributed by atoms with Crippen molar-refractivity contribution in [3.8, 4) is 0 Å². The van der Waals surface area contributed by atoms with Gasteiger partial charge < -0.3 is 5.73 Å². The maximum atomic E-state index is 6.05. The predicted octanol–water partition coefficient (Wildman–Crippen LogP) is 2.73. The lowest BCUT2D eigenvalue weighted by Crippen LogP contribution is -2.18. The van der Waals surface area contributed by atoms with Crippen molar-refractivity contribution >= 4 is 0 Å². The van der Waals surface area contributed by atoms with Crippen LogP contribution in [0.5, 0.6) is 0 Å². The first-order chi connectivity index (χ1) is 5.75. The van der Waals surface area contributed by atoms with Crippen LogP contribution in [-0.2, 0) is 0 Å². The molecule has 1 aromatic rings. The Kier molecular flexibility index (Phi) is 3.30. The van der Waals surface area contributed by atoms with Gasteiger partial charge in [0.05, 0.1) is 0 Å². The van der Waals surface area contributed by atoms with E-state index < -0.39 is 0 Å². The Morgan fingerprint density at radius 3 is 2.33 bits per heavy atom. The number of hydrogen-bond donors (Lipinski definition) is 1. The van der Waals surface area contributed by atoms with Gasteiger partial charge >= 0.3 is 0 Å². The zero-order valence-corrected chi connectivity index (χ0v) is 7.83. The highest BCUT2D eigenvalue weighted by molar-refractivity contribution is 5.18. The minimum atomic E-state index is 0.191. The summed E-state index contributed by atoms with van der Waals surface area (Å²) in [7, 11) is 0. The normalized spacial score (nSPS) is 15.6. The zero-order chi connectivity index (χ0) is 8.97. The van der Waals surface area contributed by atoms with Crippen LogP contribution in [0.4, 0.5) is 0 Å². The molecular weight excluding hydrogens is 146 g/mol. The fourth-order valence-electron chi connectivity index (χ4n) is 1.26. The van der Waals surface area contributed by atoms with E-state index in [0.717, 1.165) is 6.42 Å². The number of nitrogens with two attached hydrogens (primary N) is 1. The Balaban J connectivity index is 2.71. The topological polar surface area (TPSA) is 26.0 Å². The molecule has 0 aromatic heterocycles. The Morgan fingerprint density at radius 1 is 1.25 bits per heavy atom. The Hall–Kier alpha value is -0.820. The maximum Gasteiger partial charge on any atom is 0.0320 e. The average molecular weight is 163 g/mol. The van der Waals surface area contributed by atoms with E-state index in [0.29, 0.717) is 5.92 Å². The summed E-state index contributed by atoms with van der Waals surface area (Å²) in [4.78, 5) is 0. The minimum Gasteiger partial charge on any atom is -0.324 e. The fraction of sp³-hybridized carbons (Fsp3) is 0.455. The lowest BCUT2D eigenvalue weighted by molar-refractivity contribution is 0.457. The smallest absolute Gasteiger partial charge is 0.0320 e. The van der Waals surface area contributed by atoms with E-state index in [1.54, 1.807) is 0 Å². The molecule has 0 bridgehead atoms. The minimum absolute atomic E-state index is 0.191. The molecule has 0 saturated carbocycles. The molecule has 66 valence electrons. The van der Waals surface area contributed by atoms with Crippen molar-refractivity contribution in [2.75, 3.05) is 0 Å². The van der Waals surface area contributed by atoms with Gasteiger partial charge in [0.1, 0.15) is 0 Å². The summed E-state index contributed by atoms with van der Waals surface area (Å²) in [5, 5.41) is 0. The van der Waals surface area contributed by atoms with Crippen molar-refractivity contribution in [2.24, 2.45) is 11.7 Å². The Labute approximate surface area is 74.6 Å². The van der Waals surface area contributed by atoms with E-state index in [1.807, 2.05) is 18.2 Å². The summed E-state index contributed by atoms with van der Waals surface area (Å²) >= 11 is 0. The van der Waals surface area contributed by atoms with Gasteiger partial charge in [-0.1, -0.05) is 50.6 Å². The highest BCUT2D eigenvalue weighted by Crippen LogP contribution is 2.20. The molecule has 1 nitrogen and oxygen atoms in total. The number of hydrogen-bond acceptors (Lipinski definition) is 1. The van der Waals surface area contributed by atoms with Gasteiger partial charge in [-0.05, 0) is 11.5 Å². The van der Waals surface area contributed by atoms with Crippen molar-refractivity contribution in [3.05, 3.63) is 35.9 Å². The molecule has 0 fully saturated rings. The molecule has 0 radical (unpaired) electrons. The molecule has 0 aliphatic rings. The van der Waals surface area contributed by atoms with E-state index >= 15 is 0 Å². The summed E-state index contributed by atoms with van der Waals surface area (Å²) < 4.78 is 0. The molecule has 0 spiro atoms. The van der Waals surface area contributed by atoms with E-state index in [2.05, 4.69) is 26.0 Å². The Morgan fingerprint density at radius 2 is 1.83 bits per heavy atom. The van der Waals surface area contributed by atoms with Crippen molar-refractivity contribution in [1.82, 2.24) is 0 Å². The maximum absolute atomic E-state index is 6.05. The van der Waals surface area contributed by atoms with Gasteiger partial charge in [-0.2, -0.15) is 0 Å². The zero-order valence-electron chi connectivity index (χ0n) is 7.83. The number of rotatable bonds is 3. The van der Waals surface area contributed by atoms with Crippen molar-refractivity contribution < 1.29 is 0 Å². The predicted molar refractivity (Wildman–Crippen MR) is 52.8 cm³/mol. The highest BCUT2D eigenvalue weighted by atomic mass is 14.6. The first kappa shape index (κ1) is 9.27. The second-order valence-electron chi connectivity index (χ2n) is 3.32. The van der Waals surface area contributed by atoms with Crippen molar-refractivity contribution in [3.63, 3.8) is 0 Å². The van der Waals surface area contributed by atoms with Crippen LogP contribution in [0.15, 0.2) is 30.3 Å². The van der Waals surface area contributed by atoms with Crippen LogP contribution >= 0.6 is 0 Å². The SMILES string of the molecule is CCC(C)C(N)c1ccccc1. The third-order valence-electron chi connectivity index (χ3n) is 2.44. The molecule has 0 aliphatic carbocycles. The fourth-order valence-corrected chi connectivity index (χ4v) is 1.26. The first-order valence-electron chi connectivity index (χ1n) is 4.56. The van der Waals surface area contributed by atoms with Crippen LogP contribution in [0.25, 0.3) is 0 Å². The lowest BCUT2D eigenvalue weighted by atomic mass is 9.94. The molecule has 1 heteroatoms. The molecule has 1 rings (SSSR count). The monoisotopic (exact) mass is 163 g/mol. The molecule has 0 heterocycles. The van der Waals surface area contributed by atoms with E-state index in [1.165, 1.54) is 5.56 Å². The third kappa shape index (κ3) is 2.08. The summed E-state index contributed by atoms with van der Waals surface area (Å²) in [5.41, 5.74) is 7.29. The molecule has 0 aliphatic heterocycles. The molecule has 0 amide bonds. The van der Waals surface area contributed by atoms with Crippen molar-refractivity contribution in [2.45, 2.75) is 26.3 Å². The molecular formula is C11H17N. The summed E-state index contributed by atoms with van der Waals surface area (Å²) in [6.45, 7) is 4.37. The summed E-state index contributed by atoms with van der Waals surface area (Å²) in [5.74, 6) is 0.562. The van der Waals surface area contributed by atoms with Crippen LogP contribution in [0.3, 0.4) is 0 Å². The van der Waals surface area contributed by atoms with Crippen LogP contribution in [0.1, 0.15) is 31.9 Å². The molecule has 12 heavy (non-hydrogen) atoms.